The molecule has 0 rings (SSSR count). The van der Waals surface area contributed by atoms with Crippen LogP contribution >= 0.6 is 0 Å². The lowest BCUT2D eigenvalue weighted by atomic mass is 9.87. The second kappa shape index (κ2) is 4.13. The fourth-order valence-electron chi connectivity index (χ4n) is 0.925. The zero-order valence-corrected chi connectivity index (χ0v) is 7.72. The molecule has 0 saturated heterocycles. The first kappa shape index (κ1) is 11.0. The van der Waals surface area contributed by atoms with E-state index in [9.17, 15) is 4.79 Å². The van der Waals surface area contributed by atoms with Crippen LogP contribution in [0.25, 0.3) is 0 Å². The first-order valence-corrected chi connectivity index (χ1v) is 3.79. The van der Waals surface area contributed by atoms with E-state index in [-0.39, 0.29) is 12.0 Å². The topological polar surface area (TPSA) is 49.3 Å². The molecule has 0 fully saturated rings. The van der Waals surface area contributed by atoms with Gasteiger partial charge in [0.15, 0.2) is 0 Å². The molecule has 0 aliphatic carbocycles. The van der Waals surface area contributed by atoms with Gasteiger partial charge >= 0.3 is 5.97 Å². The van der Waals surface area contributed by atoms with E-state index in [1.807, 2.05) is 20.8 Å². The molecule has 0 heterocycles. The van der Waals surface area contributed by atoms with Crippen LogP contribution in [-0.2, 0) is 4.79 Å². The minimum absolute atomic E-state index is 0.286. The molecule has 0 bridgehead atoms. The van der Waals surface area contributed by atoms with Gasteiger partial charge in [-0.25, -0.2) is 0 Å². The third-order valence-corrected chi connectivity index (χ3v) is 1.52. The van der Waals surface area contributed by atoms with Crippen molar-refractivity contribution in [2.45, 2.75) is 26.8 Å². The van der Waals surface area contributed by atoms with E-state index >= 15 is 0 Å². The summed E-state index contributed by atoms with van der Waals surface area (Å²) in [6, 6.07) is -0.589. The second-order valence-electron chi connectivity index (χ2n) is 3.72. The Morgan fingerprint density at radius 1 is 1.67 bits per heavy atom. The molecule has 0 aromatic heterocycles. The van der Waals surface area contributed by atoms with Crippen LogP contribution in [0, 0.1) is 17.8 Å². The van der Waals surface area contributed by atoms with E-state index in [4.69, 9.17) is 11.5 Å². The van der Waals surface area contributed by atoms with Gasteiger partial charge in [0.2, 0.25) is 0 Å². The number of rotatable bonds is 3. The van der Waals surface area contributed by atoms with Crippen molar-refractivity contribution < 1.29 is 9.90 Å². The molecule has 0 aliphatic heterocycles. The molecule has 1 atom stereocenters. The van der Waals surface area contributed by atoms with Crippen LogP contribution in [0.3, 0.4) is 0 Å². The van der Waals surface area contributed by atoms with Crippen molar-refractivity contribution >= 4 is 5.97 Å². The molecule has 0 amide bonds. The number of carbonyl (C=O) groups is 1. The van der Waals surface area contributed by atoms with Crippen molar-refractivity contribution in [2.24, 2.45) is 5.41 Å². The van der Waals surface area contributed by atoms with E-state index in [1.165, 1.54) is 0 Å². The molecule has 12 heavy (non-hydrogen) atoms. The van der Waals surface area contributed by atoms with E-state index in [0.717, 1.165) is 0 Å². The Hall–Kier alpha value is -1.01. The lowest BCUT2D eigenvalue weighted by Gasteiger charge is -2.27. The van der Waals surface area contributed by atoms with Crippen LogP contribution in [0.2, 0.25) is 0 Å². The van der Waals surface area contributed by atoms with Crippen molar-refractivity contribution in [1.29, 1.82) is 0 Å². The predicted molar refractivity (Wildman–Crippen MR) is 47.7 cm³/mol. The van der Waals surface area contributed by atoms with E-state index in [0.29, 0.717) is 0 Å². The van der Waals surface area contributed by atoms with Crippen LogP contribution in [0.1, 0.15) is 20.8 Å². The maximum atomic E-state index is 10.7. The highest BCUT2D eigenvalue weighted by Crippen LogP contribution is 2.18. The molecule has 0 aromatic carbocycles. The van der Waals surface area contributed by atoms with Gasteiger partial charge in [0, 0.05) is 0 Å². The highest BCUT2D eigenvalue weighted by Gasteiger charge is 2.30. The fraction of sp³-hybridized carbons (Fsp3) is 0.667. The summed E-state index contributed by atoms with van der Waals surface area (Å²) in [5, 5.41) is 11.6. The Labute approximate surface area is 73.2 Å². The molecule has 0 aliphatic rings. The standard InChI is InChI=1S/C9H15NO2/c1-5-6-10-7(8(11)12)9(2,3)4/h1,7,10H,6H2,2-4H3,(H,11,12). The summed E-state index contributed by atoms with van der Waals surface area (Å²) in [7, 11) is 0. The minimum atomic E-state index is -0.863. The number of hydrogen-bond donors (Lipinski definition) is 2. The number of carboxylic acids is 1. The summed E-state index contributed by atoms with van der Waals surface area (Å²) >= 11 is 0. The highest BCUT2D eigenvalue weighted by atomic mass is 16.4. The van der Waals surface area contributed by atoms with Crippen LogP contribution < -0.4 is 5.32 Å². The van der Waals surface area contributed by atoms with Gasteiger partial charge in [0.05, 0.1) is 6.54 Å². The smallest absolute Gasteiger partial charge is 0.321 e. The van der Waals surface area contributed by atoms with Crippen molar-refractivity contribution in [2.75, 3.05) is 6.54 Å². The Morgan fingerprint density at radius 2 is 2.17 bits per heavy atom. The average molecular weight is 169 g/mol. The first-order valence-electron chi connectivity index (χ1n) is 3.79. The normalized spacial score (nSPS) is 13.5. The highest BCUT2D eigenvalue weighted by molar-refractivity contribution is 5.74. The molecule has 3 heteroatoms. The summed E-state index contributed by atoms with van der Waals surface area (Å²) in [6.07, 6.45) is 5.01. The summed E-state index contributed by atoms with van der Waals surface area (Å²) in [5.41, 5.74) is -0.317. The first-order chi connectivity index (χ1) is 5.39. The van der Waals surface area contributed by atoms with Crippen molar-refractivity contribution in [3.63, 3.8) is 0 Å². The average Bonchev–Trinajstić information content (AvgIpc) is 1.84. The third kappa shape index (κ3) is 3.40. The number of nitrogens with one attached hydrogen (secondary N) is 1. The van der Waals surface area contributed by atoms with Gasteiger partial charge in [-0.1, -0.05) is 26.7 Å². The maximum absolute atomic E-state index is 10.7. The predicted octanol–water partition coefficient (Wildman–Crippen LogP) is 0.708. The van der Waals surface area contributed by atoms with Crippen molar-refractivity contribution in [3.8, 4) is 12.3 Å². The zero-order valence-electron chi connectivity index (χ0n) is 7.72. The molecule has 0 radical (unpaired) electrons. The van der Waals surface area contributed by atoms with Crippen molar-refractivity contribution in [1.82, 2.24) is 5.32 Å². The van der Waals surface area contributed by atoms with Gasteiger partial charge < -0.3 is 5.11 Å². The Morgan fingerprint density at radius 3 is 2.42 bits per heavy atom. The number of hydrogen-bond acceptors (Lipinski definition) is 2. The third-order valence-electron chi connectivity index (χ3n) is 1.52. The Kier molecular flexibility index (Phi) is 3.78. The Bertz CT molecular complexity index is 198. The largest absolute Gasteiger partial charge is 0.480 e. The summed E-state index contributed by atoms with van der Waals surface area (Å²) < 4.78 is 0. The summed E-state index contributed by atoms with van der Waals surface area (Å²) in [6.45, 7) is 5.86. The van der Waals surface area contributed by atoms with Crippen LogP contribution in [-0.4, -0.2) is 23.7 Å². The number of carboxylic acid groups (broad SMARTS) is 1. The van der Waals surface area contributed by atoms with Crippen LogP contribution in [0.15, 0.2) is 0 Å². The lowest BCUT2D eigenvalue weighted by Crippen LogP contribution is -2.46. The molecule has 1 unspecified atom stereocenters. The maximum Gasteiger partial charge on any atom is 0.321 e. The van der Waals surface area contributed by atoms with E-state index in [2.05, 4.69) is 11.2 Å². The minimum Gasteiger partial charge on any atom is -0.480 e. The molecule has 0 saturated carbocycles. The molecule has 3 nitrogen and oxygen atoms in total. The van der Waals surface area contributed by atoms with E-state index < -0.39 is 12.0 Å². The second-order valence-corrected chi connectivity index (χ2v) is 3.72. The number of terminal acetylenes is 1. The number of aliphatic carboxylic acids is 1. The quantitative estimate of drug-likeness (QED) is 0.612. The van der Waals surface area contributed by atoms with E-state index in [1.54, 1.807) is 0 Å². The molecule has 68 valence electrons. The van der Waals surface area contributed by atoms with Gasteiger partial charge in [0.25, 0.3) is 0 Å². The molecular formula is C9H15NO2. The summed E-state index contributed by atoms with van der Waals surface area (Å²) in [4.78, 5) is 10.7. The molecule has 2 N–H and O–H groups in total. The van der Waals surface area contributed by atoms with Crippen LogP contribution in [0.5, 0.6) is 0 Å². The molecule has 0 spiro atoms. The SMILES string of the molecule is C#CCNC(C(=O)O)C(C)(C)C. The Balaban J connectivity index is 4.27. The van der Waals surface area contributed by atoms with Gasteiger partial charge in [-0.2, -0.15) is 0 Å². The molecular weight excluding hydrogens is 154 g/mol. The van der Waals surface area contributed by atoms with Gasteiger partial charge in [-0.3, -0.25) is 10.1 Å². The fourth-order valence-corrected chi connectivity index (χ4v) is 0.925. The lowest BCUT2D eigenvalue weighted by molar-refractivity contribution is -0.142. The van der Waals surface area contributed by atoms with Gasteiger partial charge in [-0.05, 0) is 5.41 Å². The monoisotopic (exact) mass is 169 g/mol. The van der Waals surface area contributed by atoms with Crippen LogP contribution in [0.4, 0.5) is 0 Å². The van der Waals surface area contributed by atoms with Gasteiger partial charge in [0.1, 0.15) is 6.04 Å². The van der Waals surface area contributed by atoms with Crippen molar-refractivity contribution in [3.05, 3.63) is 0 Å². The molecule has 0 aromatic rings. The zero-order chi connectivity index (χ0) is 9.78. The summed E-state index contributed by atoms with van der Waals surface area (Å²) in [5.74, 6) is 1.49. The van der Waals surface area contributed by atoms with Gasteiger partial charge in [-0.15, -0.1) is 6.42 Å².